The summed E-state index contributed by atoms with van der Waals surface area (Å²) in [5, 5.41) is 12.9. The Morgan fingerprint density at radius 1 is 1.42 bits per heavy atom. The number of anilines is 1. The second kappa shape index (κ2) is 5.52. The summed E-state index contributed by atoms with van der Waals surface area (Å²) >= 11 is 0. The van der Waals surface area contributed by atoms with Gasteiger partial charge in [-0.15, -0.1) is 0 Å². The lowest BCUT2D eigenvalue weighted by Gasteiger charge is -2.10. The Balaban J connectivity index is 1.67. The van der Waals surface area contributed by atoms with Gasteiger partial charge in [0.05, 0.1) is 18.4 Å². The largest absolute Gasteiger partial charge is 0.507 e. The van der Waals surface area contributed by atoms with Gasteiger partial charge < -0.3 is 19.6 Å². The lowest BCUT2D eigenvalue weighted by Crippen LogP contribution is -2.14. The van der Waals surface area contributed by atoms with Crippen molar-refractivity contribution >= 4 is 17.2 Å². The number of nitrogens with zero attached hydrogens (tertiary/aromatic N) is 3. The lowest BCUT2D eigenvalue weighted by atomic mass is 10.2. The second-order valence-corrected chi connectivity index (χ2v) is 5.79. The molecule has 7 nitrogen and oxygen atoms in total. The molecular weight excluding hydrogens is 308 g/mol. The number of hydrogen-bond acceptors (Lipinski definition) is 5. The Kier molecular flexibility index (Phi) is 3.34. The van der Waals surface area contributed by atoms with Gasteiger partial charge in [-0.25, -0.2) is 9.97 Å². The number of methoxy groups -OCH3 is 1. The van der Waals surface area contributed by atoms with Gasteiger partial charge in [-0.1, -0.05) is 0 Å². The van der Waals surface area contributed by atoms with Gasteiger partial charge >= 0.3 is 0 Å². The number of imidazole rings is 1. The number of amides is 1. The number of aromatic hydroxyl groups is 1. The number of rotatable bonds is 4. The third-order valence-electron chi connectivity index (χ3n) is 4.04. The summed E-state index contributed by atoms with van der Waals surface area (Å²) in [4.78, 5) is 21.0. The summed E-state index contributed by atoms with van der Waals surface area (Å²) in [5.41, 5.74) is 2.23. The molecule has 0 atom stereocenters. The first-order valence-corrected chi connectivity index (χ1v) is 7.67. The van der Waals surface area contributed by atoms with Crippen molar-refractivity contribution in [3.63, 3.8) is 0 Å². The Hall–Kier alpha value is -3.09. The first kappa shape index (κ1) is 14.5. The lowest BCUT2D eigenvalue weighted by molar-refractivity contribution is 0.102. The predicted octanol–water partition coefficient (Wildman–Crippen LogP) is 2.57. The van der Waals surface area contributed by atoms with Crippen molar-refractivity contribution < 1.29 is 14.6 Å². The molecule has 0 unspecified atom stereocenters. The summed E-state index contributed by atoms with van der Waals surface area (Å²) in [6, 6.07) is 4.88. The van der Waals surface area contributed by atoms with Crippen LogP contribution in [0.4, 0.5) is 5.69 Å². The van der Waals surface area contributed by atoms with Crippen LogP contribution < -0.4 is 10.1 Å². The SMILES string of the molecule is COc1ncccc1NC(=O)c1cn2cc(C3CC3)nc2cc1O. The van der Waals surface area contributed by atoms with Crippen LogP contribution in [-0.2, 0) is 0 Å². The Bertz CT molecular complexity index is 931. The Morgan fingerprint density at radius 2 is 2.25 bits per heavy atom. The highest BCUT2D eigenvalue weighted by Gasteiger charge is 2.26. The van der Waals surface area contributed by atoms with Gasteiger partial charge in [0, 0.05) is 30.6 Å². The molecule has 0 radical (unpaired) electrons. The Labute approximate surface area is 137 Å². The summed E-state index contributed by atoms with van der Waals surface area (Å²) < 4.78 is 6.88. The predicted molar refractivity (Wildman–Crippen MR) is 87.6 cm³/mol. The molecule has 122 valence electrons. The molecule has 1 aliphatic carbocycles. The molecule has 1 amide bonds. The van der Waals surface area contributed by atoms with E-state index in [2.05, 4.69) is 15.3 Å². The molecule has 1 saturated carbocycles. The summed E-state index contributed by atoms with van der Waals surface area (Å²) in [5.74, 6) is 0.257. The highest BCUT2D eigenvalue weighted by Crippen LogP contribution is 2.39. The van der Waals surface area contributed by atoms with E-state index >= 15 is 0 Å². The number of pyridine rings is 2. The van der Waals surface area contributed by atoms with Crippen molar-refractivity contribution in [1.29, 1.82) is 0 Å². The van der Waals surface area contributed by atoms with Crippen molar-refractivity contribution in [3.8, 4) is 11.6 Å². The van der Waals surface area contributed by atoms with Gasteiger partial charge in [0.1, 0.15) is 17.1 Å². The van der Waals surface area contributed by atoms with Crippen LogP contribution in [0.1, 0.15) is 34.8 Å². The fraction of sp³-hybridized carbons (Fsp3) is 0.235. The van der Waals surface area contributed by atoms with Crippen molar-refractivity contribution in [2.45, 2.75) is 18.8 Å². The van der Waals surface area contributed by atoms with E-state index in [0.717, 1.165) is 18.5 Å². The van der Waals surface area contributed by atoms with Crippen LogP contribution in [0.5, 0.6) is 11.6 Å². The molecule has 0 saturated heterocycles. The smallest absolute Gasteiger partial charge is 0.261 e. The molecule has 3 aromatic rings. The maximum absolute atomic E-state index is 12.5. The molecule has 0 bridgehead atoms. The van der Waals surface area contributed by atoms with E-state index in [1.165, 1.54) is 13.2 Å². The third-order valence-corrected chi connectivity index (χ3v) is 4.04. The van der Waals surface area contributed by atoms with E-state index in [9.17, 15) is 9.90 Å². The van der Waals surface area contributed by atoms with Gasteiger partial charge in [0.15, 0.2) is 0 Å². The molecule has 7 heteroatoms. The molecule has 24 heavy (non-hydrogen) atoms. The van der Waals surface area contributed by atoms with Crippen molar-refractivity contribution in [2.75, 3.05) is 12.4 Å². The van der Waals surface area contributed by atoms with Crippen LogP contribution in [0.25, 0.3) is 5.65 Å². The van der Waals surface area contributed by atoms with Crippen molar-refractivity contribution in [3.05, 3.63) is 48.0 Å². The normalized spacial score (nSPS) is 13.9. The third kappa shape index (κ3) is 2.54. The first-order chi connectivity index (χ1) is 11.7. The molecule has 2 N–H and O–H groups in total. The molecular formula is C17H16N4O3. The van der Waals surface area contributed by atoms with Crippen LogP contribution in [0, 0.1) is 0 Å². The zero-order valence-corrected chi connectivity index (χ0v) is 13.1. The van der Waals surface area contributed by atoms with E-state index < -0.39 is 5.91 Å². The molecule has 4 rings (SSSR count). The minimum atomic E-state index is -0.442. The highest BCUT2D eigenvalue weighted by atomic mass is 16.5. The average molecular weight is 324 g/mol. The number of aromatic nitrogens is 3. The average Bonchev–Trinajstić information content (AvgIpc) is 3.35. The fourth-order valence-corrected chi connectivity index (χ4v) is 2.63. The molecule has 0 aliphatic heterocycles. The zero-order valence-electron chi connectivity index (χ0n) is 13.1. The highest BCUT2D eigenvalue weighted by molar-refractivity contribution is 6.06. The van der Waals surface area contributed by atoms with E-state index in [0.29, 0.717) is 23.1 Å². The maximum Gasteiger partial charge on any atom is 0.261 e. The number of carbonyl (C=O) groups is 1. The number of ether oxygens (including phenoxy) is 1. The number of hydrogen-bond donors (Lipinski definition) is 2. The van der Waals surface area contributed by atoms with Gasteiger partial charge in [-0.05, 0) is 25.0 Å². The first-order valence-electron chi connectivity index (χ1n) is 7.67. The number of carbonyl (C=O) groups excluding carboxylic acids is 1. The summed E-state index contributed by atoms with van der Waals surface area (Å²) in [6.45, 7) is 0. The van der Waals surface area contributed by atoms with E-state index in [1.54, 1.807) is 28.9 Å². The van der Waals surface area contributed by atoms with Gasteiger partial charge in [0.2, 0.25) is 5.88 Å². The van der Waals surface area contributed by atoms with Crippen molar-refractivity contribution in [1.82, 2.24) is 14.4 Å². The molecule has 0 aromatic carbocycles. The quantitative estimate of drug-likeness (QED) is 0.770. The molecule has 1 fully saturated rings. The second-order valence-electron chi connectivity index (χ2n) is 5.79. The molecule has 0 spiro atoms. The minimum Gasteiger partial charge on any atom is -0.507 e. The molecule has 3 aromatic heterocycles. The van der Waals surface area contributed by atoms with Crippen LogP contribution in [0.3, 0.4) is 0 Å². The maximum atomic E-state index is 12.5. The summed E-state index contributed by atoms with van der Waals surface area (Å²) in [6.07, 6.45) is 7.35. The molecule has 1 aliphatic rings. The van der Waals surface area contributed by atoms with Crippen LogP contribution in [-0.4, -0.2) is 32.5 Å². The van der Waals surface area contributed by atoms with Crippen molar-refractivity contribution in [2.24, 2.45) is 0 Å². The fourth-order valence-electron chi connectivity index (χ4n) is 2.63. The number of fused-ring (bicyclic) bond motifs is 1. The number of nitrogens with one attached hydrogen (secondary N) is 1. The van der Waals surface area contributed by atoms with E-state index in [-0.39, 0.29) is 11.3 Å². The van der Waals surface area contributed by atoms with Crippen LogP contribution in [0.15, 0.2) is 36.8 Å². The van der Waals surface area contributed by atoms with Crippen LogP contribution >= 0.6 is 0 Å². The van der Waals surface area contributed by atoms with E-state index in [4.69, 9.17) is 4.74 Å². The minimum absolute atomic E-state index is 0.115. The molecule has 3 heterocycles. The Morgan fingerprint density at radius 3 is 3.00 bits per heavy atom. The topological polar surface area (TPSA) is 88.8 Å². The van der Waals surface area contributed by atoms with E-state index in [1.807, 2.05) is 6.20 Å². The monoisotopic (exact) mass is 324 g/mol. The summed E-state index contributed by atoms with van der Waals surface area (Å²) in [7, 11) is 1.48. The van der Waals surface area contributed by atoms with Crippen LogP contribution in [0.2, 0.25) is 0 Å². The van der Waals surface area contributed by atoms with Gasteiger partial charge in [-0.3, -0.25) is 4.79 Å². The zero-order chi connectivity index (χ0) is 16.7. The van der Waals surface area contributed by atoms with Gasteiger partial charge in [-0.2, -0.15) is 0 Å². The van der Waals surface area contributed by atoms with Gasteiger partial charge in [0.25, 0.3) is 5.91 Å². The standard InChI is InChI=1S/C17H16N4O3/c1-24-17-12(3-2-6-18-17)20-16(23)11-8-21-9-13(10-4-5-10)19-15(21)7-14(11)22/h2-3,6-10,22H,4-5H2,1H3,(H,20,23).